The number of benzene rings is 2. The smallest absolute Gasteiger partial charge is 0.268 e. The number of hydrogen-bond donors (Lipinski definition) is 1. The summed E-state index contributed by atoms with van der Waals surface area (Å²) in [6.07, 6.45) is 4.03. The number of thiazole rings is 1. The molecular formula is C21H17N3O2S. The van der Waals surface area contributed by atoms with Gasteiger partial charge in [-0.25, -0.2) is 4.98 Å². The highest BCUT2D eigenvalue weighted by atomic mass is 32.1. The summed E-state index contributed by atoms with van der Waals surface area (Å²) < 4.78 is 5.10. The van der Waals surface area contributed by atoms with Crippen molar-refractivity contribution in [3.05, 3.63) is 82.4 Å². The maximum absolute atomic E-state index is 12.4. The van der Waals surface area contributed by atoms with Crippen molar-refractivity contribution in [2.24, 2.45) is 0 Å². The Hall–Kier alpha value is -3.43. The first kappa shape index (κ1) is 18.4. The van der Waals surface area contributed by atoms with Gasteiger partial charge in [-0.3, -0.25) is 10.1 Å². The van der Waals surface area contributed by atoms with E-state index in [1.807, 2.05) is 36.4 Å². The highest BCUT2D eigenvalue weighted by Crippen LogP contribution is 2.22. The third-order valence-corrected chi connectivity index (χ3v) is 4.70. The summed E-state index contributed by atoms with van der Waals surface area (Å²) in [5, 5.41) is 12.5. The number of ether oxygens (including phenoxy) is 1. The first-order valence-electron chi connectivity index (χ1n) is 8.24. The number of carbonyl (C=O) groups excluding carboxylic acids is 1. The topological polar surface area (TPSA) is 75.0 Å². The minimum atomic E-state index is -0.478. The molecule has 3 rings (SSSR count). The molecule has 1 amide bonds. The third kappa shape index (κ3) is 5.03. The molecule has 1 N–H and O–H groups in total. The lowest BCUT2D eigenvalue weighted by Crippen LogP contribution is -2.13. The van der Waals surface area contributed by atoms with E-state index in [-0.39, 0.29) is 5.57 Å². The lowest BCUT2D eigenvalue weighted by Gasteiger charge is -2.02. The predicted molar refractivity (Wildman–Crippen MR) is 107 cm³/mol. The van der Waals surface area contributed by atoms with Crippen molar-refractivity contribution in [3.63, 3.8) is 0 Å². The van der Waals surface area contributed by atoms with Gasteiger partial charge in [0.15, 0.2) is 5.13 Å². The Morgan fingerprint density at radius 2 is 1.96 bits per heavy atom. The van der Waals surface area contributed by atoms with Crippen LogP contribution in [0.15, 0.2) is 66.4 Å². The van der Waals surface area contributed by atoms with Crippen molar-refractivity contribution in [3.8, 4) is 11.8 Å². The van der Waals surface area contributed by atoms with E-state index in [1.54, 1.807) is 37.6 Å². The fraction of sp³-hybridized carbons (Fsp3) is 0.0952. The van der Waals surface area contributed by atoms with Gasteiger partial charge in [-0.2, -0.15) is 5.26 Å². The number of anilines is 1. The summed E-state index contributed by atoms with van der Waals surface area (Å²) in [6, 6.07) is 19.1. The maximum Gasteiger partial charge on any atom is 0.268 e. The van der Waals surface area contributed by atoms with Gasteiger partial charge in [-0.1, -0.05) is 42.5 Å². The zero-order valence-electron chi connectivity index (χ0n) is 14.7. The van der Waals surface area contributed by atoms with E-state index in [2.05, 4.69) is 10.3 Å². The monoisotopic (exact) mass is 375 g/mol. The molecule has 1 aromatic heterocycles. The van der Waals surface area contributed by atoms with E-state index < -0.39 is 5.91 Å². The van der Waals surface area contributed by atoms with Gasteiger partial charge in [0, 0.05) is 17.5 Å². The predicted octanol–water partition coefficient (Wildman–Crippen LogP) is 4.29. The lowest BCUT2D eigenvalue weighted by atomic mass is 10.1. The van der Waals surface area contributed by atoms with Gasteiger partial charge >= 0.3 is 0 Å². The highest BCUT2D eigenvalue weighted by molar-refractivity contribution is 7.15. The number of nitriles is 1. The van der Waals surface area contributed by atoms with Crippen LogP contribution < -0.4 is 10.1 Å². The van der Waals surface area contributed by atoms with E-state index >= 15 is 0 Å². The molecule has 3 aromatic rings. The molecule has 2 aromatic carbocycles. The van der Waals surface area contributed by atoms with Crippen LogP contribution in [0.4, 0.5) is 5.13 Å². The Morgan fingerprint density at radius 3 is 2.63 bits per heavy atom. The van der Waals surface area contributed by atoms with Crippen molar-refractivity contribution in [1.29, 1.82) is 5.26 Å². The molecule has 0 aliphatic heterocycles. The summed E-state index contributed by atoms with van der Waals surface area (Å²) in [5.74, 6) is 0.234. The summed E-state index contributed by atoms with van der Waals surface area (Å²) in [6.45, 7) is 0. The molecule has 0 fully saturated rings. The molecule has 0 radical (unpaired) electrons. The second-order valence-electron chi connectivity index (χ2n) is 5.69. The number of nitrogens with one attached hydrogen (secondary N) is 1. The van der Waals surface area contributed by atoms with Crippen LogP contribution in [-0.2, 0) is 11.2 Å². The molecule has 5 nitrogen and oxygen atoms in total. The van der Waals surface area contributed by atoms with Crippen molar-refractivity contribution in [1.82, 2.24) is 4.98 Å². The number of amides is 1. The second-order valence-corrected chi connectivity index (χ2v) is 6.81. The molecular weight excluding hydrogens is 358 g/mol. The fourth-order valence-electron chi connectivity index (χ4n) is 2.42. The van der Waals surface area contributed by atoms with Crippen LogP contribution in [-0.4, -0.2) is 18.0 Å². The van der Waals surface area contributed by atoms with Gasteiger partial charge < -0.3 is 4.74 Å². The zero-order chi connectivity index (χ0) is 19.1. The first-order valence-corrected chi connectivity index (χ1v) is 9.05. The van der Waals surface area contributed by atoms with Crippen molar-refractivity contribution >= 4 is 28.5 Å². The van der Waals surface area contributed by atoms with Crippen LogP contribution in [0, 0.1) is 11.3 Å². The van der Waals surface area contributed by atoms with E-state index in [0.717, 1.165) is 16.9 Å². The van der Waals surface area contributed by atoms with Gasteiger partial charge in [0.05, 0.1) is 7.11 Å². The number of hydrogen-bond acceptors (Lipinski definition) is 5. The average molecular weight is 375 g/mol. The summed E-state index contributed by atoms with van der Waals surface area (Å²) in [4.78, 5) is 17.6. The summed E-state index contributed by atoms with van der Waals surface area (Å²) in [5.41, 5.74) is 1.93. The molecule has 134 valence electrons. The Kier molecular flexibility index (Phi) is 5.98. The number of nitrogens with zero attached hydrogens (tertiary/aromatic N) is 2. The molecule has 0 aliphatic carbocycles. The van der Waals surface area contributed by atoms with Crippen LogP contribution in [0.3, 0.4) is 0 Å². The van der Waals surface area contributed by atoms with Crippen LogP contribution >= 0.6 is 11.3 Å². The van der Waals surface area contributed by atoms with Crippen molar-refractivity contribution in [2.45, 2.75) is 6.42 Å². The number of rotatable bonds is 6. The molecule has 27 heavy (non-hydrogen) atoms. The van der Waals surface area contributed by atoms with Crippen LogP contribution in [0.2, 0.25) is 0 Å². The lowest BCUT2D eigenvalue weighted by molar-refractivity contribution is -0.112. The molecule has 1 heterocycles. The zero-order valence-corrected chi connectivity index (χ0v) is 15.5. The minimum Gasteiger partial charge on any atom is -0.497 e. The summed E-state index contributed by atoms with van der Waals surface area (Å²) in [7, 11) is 1.58. The number of methoxy groups -OCH3 is 1. The van der Waals surface area contributed by atoms with Crippen molar-refractivity contribution in [2.75, 3.05) is 12.4 Å². The Morgan fingerprint density at radius 1 is 1.22 bits per heavy atom. The Bertz CT molecular complexity index is 986. The highest BCUT2D eigenvalue weighted by Gasteiger charge is 2.12. The second kappa shape index (κ2) is 8.79. The normalized spacial score (nSPS) is 10.9. The molecule has 0 unspecified atom stereocenters. The largest absolute Gasteiger partial charge is 0.497 e. The SMILES string of the molecule is COc1ccc(C=C(C#N)C(=O)Nc2ncc(Cc3ccccc3)s2)cc1. The van der Waals surface area contributed by atoms with Crippen LogP contribution in [0.25, 0.3) is 6.08 Å². The maximum atomic E-state index is 12.4. The molecule has 6 heteroatoms. The van der Waals surface area contributed by atoms with E-state index in [9.17, 15) is 10.1 Å². The van der Waals surface area contributed by atoms with E-state index in [4.69, 9.17) is 4.74 Å². The molecule has 0 bridgehead atoms. The summed E-state index contributed by atoms with van der Waals surface area (Å²) >= 11 is 1.40. The van der Waals surface area contributed by atoms with Crippen LogP contribution in [0.1, 0.15) is 16.0 Å². The van der Waals surface area contributed by atoms with Crippen LogP contribution in [0.5, 0.6) is 5.75 Å². The fourth-order valence-corrected chi connectivity index (χ4v) is 3.27. The van der Waals surface area contributed by atoms with Gasteiger partial charge in [0.2, 0.25) is 0 Å². The average Bonchev–Trinajstić information content (AvgIpc) is 3.14. The van der Waals surface area contributed by atoms with Crippen molar-refractivity contribution < 1.29 is 9.53 Å². The third-order valence-electron chi connectivity index (χ3n) is 3.79. The quantitative estimate of drug-likeness (QED) is 0.515. The van der Waals surface area contributed by atoms with Gasteiger partial charge in [0.25, 0.3) is 5.91 Å². The number of carbonyl (C=O) groups is 1. The standard InChI is InChI=1S/C21H17N3O2S/c1-26-18-9-7-16(8-10-18)11-17(13-22)20(25)24-21-23-14-19(27-21)12-15-5-3-2-4-6-15/h2-11,14H,12H2,1H3,(H,23,24,25). The Balaban J connectivity index is 1.68. The minimum absolute atomic E-state index is 0.0139. The molecule has 0 saturated carbocycles. The molecule has 0 atom stereocenters. The first-order chi connectivity index (χ1) is 13.2. The van der Waals surface area contributed by atoms with Gasteiger partial charge in [-0.05, 0) is 29.3 Å². The molecule has 0 saturated heterocycles. The molecule has 0 aliphatic rings. The Labute approximate surface area is 161 Å². The number of aromatic nitrogens is 1. The van der Waals surface area contributed by atoms with Gasteiger partial charge in [0.1, 0.15) is 17.4 Å². The van der Waals surface area contributed by atoms with E-state index in [1.165, 1.54) is 23.0 Å². The van der Waals surface area contributed by atoms with Gasteiger partial charge in [-0.15, -0.1) is 11.3 Å². The van der Waals surface area contributed by atoms with E-state index in [0.29, 0.717) is 10.9 Å². The molecule has 0 spiro atoms.